The van der Waals surface area contributed by atoms with Crippen molar-refractivity contribution in [3.05, 3.63) is 0 Å². The van der Waals surface area contributed by atoms with E-state index in [1.54, 1.807) is 0 Å². The van der Waals surface area contributed by atoms with Crippen LogP contribution in [0.1, 0.15) is 39.0 Å². The van der Waals surface area contributed by atoms with Crippen molar-refractivity contribution in [3.63, 3.8) is 0 Å². The zero-order valence-corrected chi connectivity index (χ0v) is 8.38. The lowest BCUT2D eigenvalue weighted by molar-refractivity contribution is 0.141. The fourth-order valence-electron chi connectivity index (χ4n) is 2.39. The van der Waals surface area contributed by atoms with Crippen LogP contribution in [0, 0.1) is 0 Å². The largest absolute Gasteiger partial charge is 0.373 e. The van der Waals surface area contributed by atoms with E-state index in [-0.39, 0.29) is 11.1 Å². The molecule has 3 nitrogen and oxygen atoms in total. The Hall–Kier alpha value is -0.120. The van der Waals surface area contributed by atoms with E-state index in [0.717, 1.165) is 25.9 Å². The zero-order chi connectivity index (χ0) is 9.53. The summed E-state index contributed by atoms with van der Waals surface area (Å²) in [6.45, 7) is 2.98. The topological polar surface area (TPSA) is 64.6 Å². The predicted octanol–water partition coefficient (Wildman–Crippen LogP) is 0.764. The molecule has 13 heavy (non-hydrogen) atoms. The second-order valence-corrected chi connectivity index (χ2v) is 4.94. The summed E-state index contributed by atoms with van der Waals surface area (Å²) >= 11 is 0. The van der Waals surface area contributed by atoms with Crippen LogP contribution in [0.3, 0.4) is 0 Å². The van der Waals surface area contributed by atoms with Gasteiger partial charge in [-0.25, -0.2) is 0 Å². The zero-order valence-electron chi connectivity index (χ0n) is 8.38. The Labute approximate surface area is 79.8 Å². The quantitative estimate of drug-likeness (QED) is 0.623. The highest BCUT2D eigenvalue weighted by Crippen LogP contribution is 2.38. The van der Waals surface area contributed by atoms with Gasteiger partial charge in [-0.05, 0) is 26.2 Å². The van der Waals surface area contributed by atoms with Gasteiger partial charge >= 0.3 is 0 Å². The molecule has 3 unspecified atom stereocenters. The third-order valence-electron chi connectivity index (χ3n) is 3.70. The van der Waals surface area contributed by atoms with Crippen molar-refractivity contribution in [2.45, 2.75) is 56.2 Å². The van der Waals surface area contributed by atoms with E-state index in [1.165, 1.54) is 12.8 Å². The summed E-state index contributed by atoms with van der Waals surface area (Å²) in [7, 11) is 0. The van der Waals surface area contributed by atoms with Crippen molar-refractivity contribution >= 4 is 0 Å². The summed E-state index contributed by atoms with van der Waals surface area (Å²) in [6.07, 6.45) is 5.88. The van der Waals surface area contributed by atoms with E-state index in [9.17, 15) is 0 Å². The van der Waals surface area contributed by atoms with Crippen molar-refractivity contribution in [2.24, 2.45) is 11.5 Å². The number of rotatable bonds is 2. The Bertz CT molecular complexity index is 201. The Morgan fingerprint density at radius 1 is 1.31 bits per heavy atom. The van der Waals surface area contributed by atoms with Gasteiger partial charge in [0.25, 0.3) is 0 Å². The van der Waals surface area contributed by atoms with Gasteiger partial charge in [-0.15, -0.1) is 0 Å². The average molecular weight is 184 g/mol. The van der Waals surface area contributed by atoms with Crippen molar-refractivity contribution < 1.29 is 4.74 Å². The molecule has 0 aromatic carbocycles. The van der Waals surface area contributed by atoms with Gasteiger partial charge < -0.3 is 16.2 Å². The summed E-state index contributed by atoms with van der Waals surface area (Å²) in [5.41, 5.74) is 12.2. The normalized spacial score (nSPS) is 50.5. The highest BCUT2D eigenvalue weighted by molar-refractivity contribution is 5.08. The Balaban J connectivity index is 2.06. The van der Waals surface area contributed by atoms with Crippen molar-refractivity contribution in [3.8, 4) is 0 Å². The van der Waals surface area contributed by atoms with E-state index < -0.39 is 0 Å². The second-order valence-electron chi connectivity index (χ2n) is 4.94. The van der Waals surface area contributed by atoms with E-state index >= 15 is 0 Å². The SMILES string of the molecule is CC1(N)CCCCC1(N)CC1CO1. The molecule has 0 aromatic rings. The van der Waals surface area contributed by atoms with Gasteiger partial charge in [0.1, 0.15) is 0 Å². The number of ether oxygens (including phenoxy) is 1. The van der Waals surface area contributed by atoms with E-state index in [1.807, 2.05) is 0 Å². The van der Waals surface area contributed by atoms with E-state index in [0.29, 0.717) is 6.10 Å². The molecule has 4 N–H and O–H groups in total. The smallest absolute Gasteiger partial charge is 0.0828 e. The summed E-state index contributed by atoms with van der Waals surface area (Å²) in [6, 6.07) is 0. The molecule has 1 aliphatic heterocycles. The molecule has 3 atom stereocenters. The molecular formula is C10H20N2O. The summed E-state index contributed by atoms with van der Waals surface area (Å²) in [5, 5.41) is 0. The first kappa shape index (κ1) is 9.44. The minimum absolute atomic E-state index is 0.188. The predicted molar refractivity (Wildman–Crippen MR) is 52.3 cm³/mol. The van der Waals surface area contributed by atoms with Gasteiger partial charge in [0.05, 0.1) is 12.7 Å². The van der Waals surface area contributed by atoms with Crippen LogP contribution in [0.2, 0.25) is 0 Å². The Kier molecular flexibility index (Phi) is 2.13. The number of hydrogen-bond donors (Lipinski definition) is 2. The second kappa shape index (κ2) is 2.94. The molecule has 0 spiro atoms. The van der Waals surface area contributed by atoms with Crippen LogP contribution in [-0.2, 0) is 4.74 Å². The van der Waals surface area contributed by atoms with E-state index in [2.05, 4.69) is 6.92 Å². The van der Waals surface area contributed by atoms with Gasteiger partial charge in [0.2, 0.25) is 0 Å². The fourth-order valence-corrected chi connectivity index (χ4v) is 2.39. The minimum Gasteiger partial charge on any atom is -0.373 e. The summed E-state index contributed by atoms with van der Waals surface area (Å²) in [5.74, 6) is 0. The molecule has 2 aliphatic rings. The van der Waals surface area contributed by atoms with Crippen molar-refractivity contribution in [1.29, 1.82) is 0 Å². The van der Waals surface area contributed by atoms with E-state index in [4.69, 9.17) is 16.2 Å². The molecule has 2 fully saturated rings. The maximum Gasteiger partial charge on any atom is 0.0828 e. The third kappa shape index (κ3) is 1.73. The molecule has 76 valence electrons. The Morgan fingerprint density at radius 3 is 2.46 bits per heavy atom. The molecule has 1 aliphatic carbocycles. The van der Waals surface area contributed by atoms with Gasteiger partial charge in [-0.1, -0.05) is 12.8 Å². The van der Waals surface area contributed by atoms with Crippen molar-refractivity contribution in [2.75, 3.05) is 6.61 Å². The van der Waals surface area contributed by atoms with Crippen LogP contribution in [-0.4, -0.2) is 23.8 Å². The first-order valence-corrected chi connectivity index (χ1v) is 5.23. The maximum absolute atomic E-state index is 6.37. The molecule has 0 radical (unpaired) electrons. The number of nitrogens with two attached hydrogens (primary N) is 2. The van der Waals surface area contributed by atoms with Gasteiger partial charge in [0.15, 0.2) is 0 Å². The molecule has 0 aromatic heterocycles. The molecule has 0 bridgehead atoms. The van der Waals surface area contributed by atoms with Crippen molar-refractivity contribution in [1.82, 2.24) is 0 Å². The molecule has 2 rings (SSSR count). The number of epoxide rings is 1. The minimum atomic E-state index is -0.197. The van der Waals surface area contributed by atoms with Gasteiger partial charge in [-0.3, -0.25) is 0 Å². The maximum atomic E-state index is 6.37. The average Bonchev–Trinajstić information content (AvgIpc) is 2.80. The molecule has 1 heterocycles. The molecule has 1 saturated heterocycles. The first-order valence-electron chi connectivity index (χ1n) is 5.23. The molecular weight excluding hydrogens is 164 g/mol. The number of hydrogen-bond acceptors (Lipinski definition) is 3. The molecule has 3 heteroatoms. The lowest BCUT2D eigenvalue weighted by Crippen LogP contribution is -2.66. The Morgan fingerprint density at radius 2 is 1.92 bits per heavy atom. The highest BCUT2D eigenvalue weighted by atomic mass is 16.6. The van der Waals surface area contributed by atoms with Crippen LogP contribution >= 0.6 is 0 Å². The molecule has 1 saturated carbocycles. The lowest BCUT2D eigenvalue weighted by Gasteiger charge is -2.47. The van der Waals surface area contributed by atoms with Crippen LogP contribution in [0.15, 0.2) is 0 Å². The third-order valence-corrected chi connectivity index (χ3v) is 3.70. The monoisotopic (exact) mass is 184 g/mol. The standard InChI is InChI=1S/C10H20N2O/c1-9(11)4-2-3-5-10(9,12)6-8-7-13-8/h8H,2-7,11-12H2,1H3. The first-order chi connectivity index (χ1) is 6.04. The summed E-state index contributed by atoms with van der Waals surface area (Å²) in [4.78, 5) is 0. The highest BCUT2D eigenvalue weighted by Gasteiger charge is 2.47. The van der Waals surface area contributed by atoms with Gasteiger partial charge in [-0.2, -0.15) is 0 Å². The van der Waals surface area contributed by atoms with Crippen LogP contribution < -0.4 is 11.5 Å². The summed E-state index contributed by atoms with van der Waals surface area (Å²) < 4.78 is 5.23. The fraction of sp³-hybridized carbons (Fsp3) is 1.00. The van der Waals surface area contributed by atoms with Gasteiger partial charge in [0, 0.05) is 11.1 Å². The molecule has 0 amide bonds. The van der Waals surface area contributed by atoms with Crippen LogP contribution in [0.25, 0.3) is 0 Å². The van der Waals surface area contributed by atoms with Crippen LogP contribution in [0.4, 0.5) is 0 Å². The van der Waals surface area contributed by atoms with Crippen LogP contribution in [0.5, 0.6) is 0 Å². The lowest BCUT2D eigenvalue weighted by atomic mass is 9.67.